The third-order valence-electron chi connectivity index (χ3n) is 7.33. The second kappa shape index (κ2) is 10.9. The Hall–Kier alpha value is -3.99. The van der Waals surface area contributed by atoms with Crippen LogP contribution in [0.15, 0.2) is 48.5 Å². The molecule has 0 radical (unpaired) electrons. The number of hydrogen-bond donors (Lipinski definition) is 3. The maximum Gasteiger partial charge on any atom is 0.416 e. The molecule has 210 valence electrons. The van der Waals surface area contributed by atoms with E-state index in [1.54, 1.807) is 11.5 Å². The number of aryl methyl sites for hydroxylation is 1. The monoisotopic (exact) mass is 553 g/mol. The number of hydrogen-bond acceptors (Lipinski definition) is 6. The van der Waals surface area contributed by atoms with E-state index in [1.807, 2.05) is 31.2 Å². The molecule has 2 heterocycles. The van der Waals surface area contributed by atoms with Crippen molar-refractivity contribution in [3.05, 3.63) is 71.0 Å². The number of nitrogens with one attached hydrogen (secondary N) is 1. The summed E-state index contributed by atoms with van der Waals surface area (Å²) in [5.41, 5.74) is 2.16. The molecular formula is C29H30F3N5O3. The van der Waals surface area contributed by atoms with Crippen LogP contribution in [0.1, 0.15) is 59.9 Å². The summed E-state index contributed by atoms with van der Waals surface area (Å²) in [4.78, 5) is 25.2. The molecule has 0 amide bonds. The summed E-state index contributed by atoms with van der Waals surface area (Å²) in [6.45, 7) is 3.78. The molecule has 8 nitrogen and oxygen atoms in total. The van der Waals surface area contributed by atoms with E-state index in [9.17, 15) is 28.2 Å². The molecule has 4 aromatic rings. The van der Waals surface area contributed by atoms with Crippen LogP contribution >= 0.6 is 0 Å². The number of aromatic nitrogens is 4. The van der Waals surface area contributed by atoms with Crippen molar-refractivity contribution < 1.29 is 28.2 Å². The fraction of sp³-hybridized carbons (Fsp3) is 0.379. The van der Waals surface area contributed by atoms with Crippen molar-refractivity contribution in [1.29, 1.82) is 0 Å². The van der Waals surface area contributed by atoms with Gasteiger partial charge >= 0.3 is 12.1 Å². The maximum atomic E-state index is 13.2. The van der Waals surface area contributed by atoms with Crippen LogP contribution in [0.5, 0.6) is 0 Å². The van der Waals surface area contributed by atoms with E-state index in [1.165, 1.54) is 12.1 Å². The van der Waals surface area contributed by atoms with Gasteiger partial charge in [0.2, 0.25) is 5.82 Å². The molecule has 2 unspecified atom stereocenters. The van der Waals surface area contributed by atoms with Gasteiger partial charge in [-0.3, -0.25) is 0 Å². The molecule has 0 saturated heterocycles. The molecule has 1 saturated carbocycles. The van der Waals surface area contributed by atoms with E-state index in [0.29, 0.717) is 23.3 Å². The Balaban J connectivity index is 1.68. The van der Waals surface area contributed by atoms with Gasteiger partial charge in [0.15, 0.2) is 11.5 Å². The Morgan fingerprint density at radius 1 is 1.12 bits per heavy atom. The summed E-state index contributed by atoms with van der Waals surface area (Å²) in [6.07, 6.45) is -1.57. The first kappa shape index (κ1) is 27.6. The standard InChI is InChI=1S/C29H30F3N5O3/c1-16-5-3-8-20(13-16)27-36-25-23(37(27)15-18-9-11-21(12-10-18)29(30,31)32)24(34-26(35-25)28(39)40)33-22(14-17(2)38)19-6-4-7-19/h3,5,8-13,17,19,22,38H,4,6-7,14-15H2,1-2H3,(H,39,40)(H,33,34,35). The second-order valence-corrected chi connectivity index (χ2v) is 10.5. The minimum atomic E-state index is -4.45. The van der Waals surface area contributed by atoms with Crippen LogP contribution in [-0.2, 0) is 12.7 Å². The van der Waals surface area contributed by atoms with Crippen molar-refractivity contribution in [2.24, 2.45) is 5.92 Å². The maximum absolute atomic E-state index is 13.2. The molecule has 0 bridgehead atoms. The smallest absolute Gasteiger partial charge is 0.416 e. The minimum Gasteiger partial charge on any atom is -0.475 e. The van der Waals surface area contributed by atoms with Gasteiger partial charge in [0, 0.05) is 18.2 Å². The summed E-state index contributed by atoms with van der Waals surface area (Å²) in [5.74, 6) is -0.702. The highest BCUT2D eigenvalue weighted by Gasteiger charge is 2.32. The van der Waals surface area contributed by atoms with E-state index in [2.05, 4.69) is 15.3 Å². The molecule has 1 aliphatic carbocycles. The van der Waals surface area contributed by atoms with Gasteiger partial charge in [-0.1, -0.05) is 42.3 Å². The van der Waals surface area contributed by atoms with E-state index in [4.69, 9.17) is 4.98 Å². The summed E-state index contributed by atoms with van der Waals surface area (Å²) in [7, 11) is 0. The molecule has 1 fully saturated rings. The van der Waals surface area contributed by atoms with Crippen molar-refractivity contribution in [2.75, 3.05) is 5.32 Å². The molecule has 2 aromatic carbocycles. The molecule has 5 rings (SSSR count). The van der Waals surface area contributed by atoms with Crippen LogP contribution in [0.25, 0.3) is 22.6 Å². The first-order chi connectivity index (χ1) is 19.0. The zero-order valence-electron chi connectivity index (χ0n) is 22.1. The quantitative estimate of drug-likeness (QED) is 0.236. The summed E-state index contributed by atoms with van der Waals surface area (Å²) < 4.78 is 41.4. The highest BCUT2D eigenvalue weighted by molar-refractivity contribution is 5.92. The zero-order valence-corrected chi connectivity index (χ0v) is 22.1. The van der Waals surface area contributed by atoms with Crippen LogP contribution in [0.3, 0.4) is 0 Å². The minimum absolute atomic E-state index is 0.146. The van der Waals surface area contributed by atoms with E-state index < -0.39 is 29.6 Å². The molecule has 11 heteroatoms. The van der Waals surface area contributed by atoms with E-state index in [-0.39, 0.29) is 30.0 Å². The van der Waals surface area contributed by atoms with E-state index >= 15 is 0 Å². The lowest BCUT2D eigenvalue weighted by Gasteiger charge is -2.35. The van der Waals surface area contributed by atoms with Crippen molar-refractivity contribution in [3.63, 3.8) is 0 Å². The SMILES string of the molecule is Cc1cccc(-c2nc3nc(C(=O)O)nc(NC(CC(C)O)C4CCC4)c3n2Cc2ccc(C(F)(F)F)cc2)c1. The second-order valence-electron chi connectivity index (χ2n) is 10.5. The van der Waals surface area contributed by atoms with Crippen LogP contribution in [0.2, 0.25) is 0 Å². The average Bonchev–Trinajstić information content (AvgIpc) is 3.21. The predicted octanol–water partition coefficient (Wildman–Crippen LogP) is 5.92. The highest BCUT2D eigenvalue weighted by Crippen LogP contribution is 2.36. The number of aromatic carboxylic acids is 1. The van der Waals surface area contributed by atoms with Gasteiger partial charge < -0.3 is 20.1 Å². The topological polar surface area (TPSA) is 113 Å². The number of fused-ring (bicyclic) bond motifs is 1. The van der Waals surface area contributed by atoms with Crippen molar-refractivity contribution in [1.82, 2.24) is 19.5 Å². The number of imidazole rings is 1. The summed E-state index contributed by atoms with van der Waals surface area (Å²) >= 11 is 0. The molecule has 40 heavy (non-hydrogen) atoms. The first-order valence-corrected chi connectivity index (χ1v) is 13.2. The fourth-order valence-electron chi connectivity index (χ4n) is 5.13. The van der Waals surface area contributed by atoms with Crippen LogP contribution < -0.4 is 5.32 Å². The Morgan fingerprint density at radius 2 is 1.85 bits per heavy atom. The Bertz CT molecular complexity index is 1530. The Morgan fingerprint density at radius 3 is 2.42 bits per heavy atom. The van der Waals surface area contributed by atoms with Crippen molar-refractivity contribution in [2.45, 2.75) is 64.4 Å². The number of anilines is 1. The average molecular weight is 554 g/mol. The van der Waals surface area contributed by atoms with Crippen LogP contribution in [0, 0.1) is 12.8 Å². The molecule has 2 aromatic heterocycles. The summed E-state index contributed by atoms with van der Waals surface area (Å²) in [5, 5.41) is 23.3. The third kappa shape index (κ3) is 5.79. The van der Waals surface area contributed by atoms with Gasteiger partial charge in [0.05, 0.1) is 11.7 Å². The van der Waals surface area contributed by atoms with Crippen LogP contribution in [-0.4, -0.2) is 47.8 Å². The number of nitrogens with zero attached hydrogens (tertiary/aromatic N) is 4. The lowest BCUT2D eigenvalue weighted by Crippen LogP contribution is -2.36. The normalized spacial score (nSPS) is 15.6. The molecular weight excluding hydrogens is 523 g/mol. The molecule has 0 spiro atoms. The first-order valence-electron chi connectivity index (χ1n) is 13.2. The highest BCUT2D eigenvalue weighted by atomic mass is 19.4. The number of aliphatic hydroxyl groups is 1. The van der Waals surface area contributed by atoms with E-state index in [0.717, 1.165) is 42.5 Å². The van der Waals surface area contributed by atoms with Gasteiger partial charge in [0.1, 0.15) is 11.3 Å². The van der Waals surface area contributed by atoms with Crippen LogP contribution in [0.4, 0.5) is 19.0 Å². The van der Waals surface area contributed by atoms with Gasteiger partial charge in [-0.2, -0.15) is 13.2 Å². The number of aliphatic hydroxyl groups excluding tert-OH is 1. The fourth-order valence-corrected chi connectivity index (χ4v) is 5.13. The summed E-state index contributed by atoms with van der Waals surface area (Å²) in [6, 6.07) is 12.3. The third-order valence-corrected chi connectivity index (χ3v) is 7.33. The number of carboxylic acid groups (broad SMARTS) is 1. The molecule has 3 N–H and O–H groups in total. The van der Waals surface area contributed by atoms with Gasteiger partial charge in [0.25, 0.3) is 0 Å². The van der Waals surface area contributed by atoms with Gasteiger partial charge in [-0.25, -0.2) is 19.7 Å². The van der Waals surface area contributed by atoms with Gasteiger partial charge in [-0.05, 0) is 62.8 Å². The lowest BCUT2D eigenvalue weighted by molar-refractivity contribution is -0.137. The lowest BCUT2D eigenvalue weighted by atomic mass is 9.78. The number of carboxylic acids is 1. The molecule has 0 aliphatic heterocycles. The number of halogens is 3. The number of carbonyl (C=O) groups is 1. The number of rotatable bonds is 9. The zero-order chi connectivity index (χ0) is 28.6. The molecule has 2 atom stereocenters. The van der Waals surface area contributed by atoms with Crippen molar-refractivity contribution >= 4 is 23.0 Å². The number of alkyl halides is 3. The largest absolute Gasteiger partial charge is 0.475 e. The Kier molecular flexibility index (Phi) is 7.50. The van der Waals surface area contributed by atoms with Crippen molar-refractivity contribution in [3.8, 4) is 11.4 Å². The van der Waals surface area contributed by atoms with Gasteiger partial charge in [-0.15, -0.1) is 0 Å². The molecule has 1 aliphatic rings. The number of benzene rings is 2. The Labute approximate surface area is 228 Å². The predicted molar refractivity (Wildman–Crippen MR) is 144 cm³/mol.